The van der Waals surface area contributed by atoms with Crippen LogP contribution in [0.4, 0.5) is 17.3 Å². The molecule has 0 N–H and O–H groups in total. The lowest BCUT2D eigenvalue weighted by atomic mass is 10.2. The van der Waals surface area contributed by atoms with Gasteiger partial charge in [0.25, 0.3) is 0 Å². The average molecular weight is 272 g/mol. The van der Waals surface area contributed by atoms with Crippen molar-refractivity contribution in [2.45, 2.75) is 6.54 Å². The first-order valence-electron chi connectivity index (χ1n) is 5.49. The smallest absolute Gasteiger partial charge is 0.418 e. The van der Waals surface area contributed by atoms with Crippen LogP contribution in [-0.2, 0) is 6.54 Å². The molecule has 0 bridgehead atoms. The van der Waals surface area contributed by atoms with Crippen molar-refractivity contribution < 1.29 is 21.8 Å². The van der Waals surface area contributed by atoms with E-state index in [1.807, 2.05) is 29.4 Å². The Labute approximate surface area is 108 Å². The van der Waals surface area contributed by atoms with Crippen LogP contribution in [-0.4, -0.2) is 11.8 Å². The number of imidazole rings is 1. The maximum Gasteiger partial charge on any atom is 0.673 e. The molecule has 2 aromatic rings. The SMILES string of the molecule is C=Cn1cc[n+](Cc2ccccc2)c1.F[B-](F)(F)F. The first-order valence-corrected chi connectivity index (χ1v) is 5.49. The van der Waals surface area contributed by atoms with Crippen LogP contribution in [0.2, 0.25) is 0 Å². The molecule has 7 heteroatoms. The van der Waals surface area contributed by atoms with Gasteiger partial charge in [-0.15, -0.1) is 0 Å². The second-order valence-electron chi connectivity index (χ2n) is 3.70. The van der Waals surface area contributed by atoms with E-state index in [9.17, 15) is 17.3 Å². The predicted octanol–water partition coefficient (Wildman–Crippen LogP) is 3.22. The van der Waals surface area contributed by atoms with Gasteiger partial charge in [-0.1, -0.05) is 36.9 Å². The van der Waals surface area contributed by atoms with Crippen molar-refractivity contribution in [2.75, 3.05) is 0 Å². The topological polar surface area (TPSA) is 8.81 Å². The molecule has 0 aliphatic heterocycles. The molecule has 2 nitrogen and oxygen atoms in total. The summed E-state index contributed by atoms with van der Waals surface area (Å²) < 4.78 is 43.1. The van der Waals surface area contributed by atoms with Crippen molar-refractivity contribution in [2.24, 2.45) is 0 Å². The Morgan fingerprint density at radius 3 is 2.21 bits per heavy atom. The first kappa shape index (κ1) is 15.0. The van der Waals surface area contributed by atoms with Gasteiger partial charge in [-0.2, -0.15) is 0 Å². The highest BCUT2D eigenvalue weighted by atomic mass is 19.5. The zero-order valence-electron chi connectivity index (χ0n) is 10.1. The minimum atomic E-state index is -6.00. The Morgan fingerprint density at radius 1 is 1.16 bits per heavy atom. The second-order valence-corrected chi connectivity index (χ2v) is 3.70. The Morgan fingerprint density at radius 2 is 1.74 bits per heavy atom. The molecule has 0 atom stereocenters. The minimum Gasteiger partial charge on any atom is -0.418 e. The normalized spacial score (nSPS) is 10.5. The van der Waals surface area contributed by atoms with Gasteiger partial charge in [-0.25, -0.2) is 9.13 Å². The summed E-state index contributed by atoms with van der Waals surface area (Å²) in [7, 11) is -6.00. The van der Waals surface area contributed by atoms with Gasteiger partial charge < -0.3 is 17.3 Å². The molecule has 0 spiro atoms. The maximum absolute atomic E-state index is 9.75. The standard InChI is InChI=1S/C12H13N2.BF4/c1-2-13-8-9-14(11-13)10-12-6-4-3-5-7-12;2-1(3,4)5/h2-9,11H,1,10H2;/q+1;-1. The summed E-state index contributed by atoms with van der Waals surface area (Å²) in [4.78, 5) is 0. The summed E-state index contributed by atoms with van der Waals surface area (Å²) in [5, 5.41) is 0. The monoisotopic (exact) mass is 272 g/mol. The zero-order valence-corrected chi connectivity index (χ0v) is 10.1. The summed E-state index contributed by atoms with van der Waals surface area (Å²) in [6, 6.07) is 10.4. The van der Waals surface area contributed by atoms with E-state index in [0.29, 0.717) is 0 Å². The molecule has 0 aliphatic rings. The summed E-state index contributed by atoms with van der Waals surface area (Å²) in [5.41, 5.74) is 1.30. The molecule has 0 saturated heterocycles. The molecule has 1 aromatic carbocycles. The van der Waals surface area contributed by atoms with Crippen LogP contribution in [0.25, 0.3) is 6.20 Å². The summed E-state index contributed by atoms with van der Waals surface area (Å²) in [5.74, 6) is 0. The fraction of sp³-hybridized carbons (Fsp3) is 0.0833. The van der Waals surface area contributed by atoms with Gasteiger partial charge in [-0.3, -0.25) is 0 Å². The van der Waals surface area contributed by atoms with Crippen molar-refractivity contribution in [3.05, 3.63) is 61.2 Å². The van der Waals surface area contributed by atoms with Gasteiger partial charge >= 0.3 is 7.25 Å². The fourth-order valence-corrected chi connectivity index (χ4v) is 1.41. The third-order valence-corrected chi connectivity index (χ3v) is 2.13. The summed E-state index contributed by atoms with van der Waals surface area (Å²) in [6.07, 6.45) is 7.81. The number of hydrogen-bond acceptors (Lipinski definition) is 0. The molecule has 102 valence electrons. The van der Waals surface area contributed by atoms with Gasteiger partial charge in [0.05, 0.1) is 6.20 Å². The number of rotatable bonds is 3. The van der Waals surface area contributed by atoms with E-state index in [1.165, 1.54) is 5.56 Å². The van der Waals surface area contributed by atoms with E-state index in [-0.39, 0.29) is 0 Å². The van der Waals surface area contributed by atoms with E-state index in [1.54, 1.807) is 6.20 Å². The number of hydrogen-bond donors (Lipinski definition) is 0. The summed E-state index contributed by atoms with van der Waals surface area (Å²) >= 11 is 0. The molecule has 1 aromatic heterocycles. The molecule has 1 heterocycles. The Balaban J connectivity index is 0.000000312. The van der Waals surface area contributed by atoms with Crippen LogP contribution in [0, 0.1) is 0 Å². The molecule has 0 aliphatic carbocycles. The minimum absolute atomic E-state index is 0.904. The molecule has 0 unspecified atom stereocenters. The zero-order chi connectivity index (χ0) is 14.3. The number of nitrogens with zero attached hydrogens (tertiary/aromatic N) is 2. The molecule has 19 heavy (non-hydrogen) atoms. The third-order valence-electron chi connectivity index (χ3n) is 2.13. The molecule has 2 rings (SSSR count). The van der Waals surface area contributed by atoms with Crippen molar-refractivity contribution >= 4 is 13.5 Å². The molecular weight excluding hydrogens is 259 g/mol. The quantitative estimate of drug-likeness (QED) is 0.461. The molecule has 0 saturated carbocycles. The molecule has 0 fully saturated rings. The van der Waals surface area contributed by atoms with E-state index in [2.05, 4.69) is 35.4 Å². The predicted molar refractivity (Wildman–Crippen MR) is 66.7 cm³/mol. The van der Waals surface area contributed by atoms with E-state index < -0.39 is 7.25 Å². The average Bonchev–Trinajstić information content (AvgIpc) is 2.76. The summed E-state index contributed by atoms with van der Waals surface area (Å²) in [6.45, 7) is 4.61. The van der Waals surface area contributed by atoms with Crippen LogP contribution in [0.5, 0.6) is 0 Å². The highest BCUT2D eigenvalue weighted by Crippen LogP contribution is 2.06. The number of halogens is 4. The molecule has 0 radical (unpaired) electrons. The second kappa shape index (κ2) is 6.77. The fourth-order valence-electron chi connectivity index (χ4n) is 1.41. The lowest BCUT2D eigenvalue weighted by Crippen LogP contribution is -2.31. The Kier molecular flexibility index (Phi) is 5.35. The molecule has 0 amide bonds. The maximum atomic E-state index is 9.75. The lowest BCUT2D eigenvalue weighted by Gasteiger charge is -1.95. The molecular formula is C12H13BF4N2. The van der Waals surface area contributed by atoms with Crippen LogP contribution in [0.15, 0.2) is 55.6 Å². The Hall–Kier alpha value is -2.05. The highest BCUT2D eigenvalue weighted by molar-refractivity contribution is 6.50. The van der Waals surface area contributed by atoms with Crippen LogP contribution in [0.3, 0.4) is 0 Å². The van der Waals surface area contributed by atoms with Crippen LogP contribution >= 0.6 is 0 Å². The van der Waals surface area contributed by atoms with Crippen molar-refractivity contribution in [1.29, 1.82) is 0 Å². The van der Waals surface area contributed by atoms with Gasteiger partial charge in [0.2, 0.25) is 6.33 Å². The van der Waals surface area contributed by atoms with Crippen molar-refractivity contribution in [3.63, 3.8) is 0 Å². The number of aromatic nitrogens is 2. The van der Waals surface area contributed by atoms with Gasteiger partial charge in [0.15, 0.2) is 0 Å². The Bertz CT molecular complexity index is 502. The van der Waals surface area contributed by atoms with Gasteiger partial charge in [0, 0.05) is 0 Å². The highest BCUT2D eigenvalue weighted by Gasteiger charge is 2.20. The van der Waals surface area contributed by atoms with E-state index >= 15 is 0 Å². The van der Waals surface area contributed by atoms with Crippen molar-refractivity contribution in [1.82, 2.24) is 4.57 Å². The van der Waals surface area contributed by atoms with Gasteiger partial charge in [-0.05, 0) is 5.56 Å². The number of benzene rings is 1. The lowest BCUT2D eigenvalue weighted by molar-refractivity contribution is -0.687. The first-order chi connectivity index (χ1) is 8.88. The van der Waals surface area contributed by atoms with Crippen LogP contribution in [0.1, 0.15) is 5.56 Å². The van der Waals surface area contributed by atoms with E-state index in [0.717, 1.165) is 6.54 Å². The van der Waals surface area contributed by atoms with Crippen LogP contribution < -0.4 is 4.57 Å². The van der Waals surface area contributed by atoms with Gasteiger partial charge in [0.1, 0.15) is 18.9 Å². The van der Waals surface area contributed by atoms with E-state index in [4.69, 9.17) is 0 Å². The van der Waals surface area contributed by atoms with Crippen molar-refractivity contribution in [3.8, 4) is 0 Å². The third kappa shape index (κ3) is 7.08. The largest absolute Gasteiger partial charge is 0.673 e.